The van der Waals surface area contributed by atoms with Crippen molar-refractivity contribution in [1.29, 1.82) is 0 Å². The fourth-order valence-corrected chi connectivity index (χ4v) is 5.08. The molecule has 3 aliphatic rings. The summed E-state index contributed by atoms with van der Waals surface area (Å²) < 4.78 is 12.2. The first-order chi connectivity index (χ1) is 16.0. The maximum atomic E-state index is 13.3. The number of carbonyl (C=O) groups excluding carboxylic acids is 3. The van der Waals surface area contributed by atoms with E-state index >= 15 is 0 Å². The summed E-state index contributed by atoms with van der Waals surface area (Å²) in [4.78, 5) is 39.7. The molecule has 3 atom stereocenters. The standard InChI is InChI=1S/C25H35N3O5/c1-3-12-26-23(29)14-18-9-10-20-22(33-18)15-32-21-11-8-17(13-19(21)25(31)28(20)2)27-24(30)16-6-4-5-7-16/h8,11,13,16,18,20,22H,3-7,9-10,12,14-15H2,1-2H3,(H,26,29)(H,27,30)/t18-,20+,22+/m1/s1. The van der Waals surface area contributed by atoms with Crippen LogP contribution in [0.4, 0.5) is 5.69 Å². The Labute approximate surface area is 195 Å². The number of nitrogens with zero attached hydrogens (tertiary/aromatic N) is 1. The predicted molar refractivity (Wildman–Crippen MR) is 124 cm³/mol. The Kier molecular flexibility index (Phi) is 7.53. The van der Waals surface area contributed by atoms with Gasteiger partial charge in [-0.3, -0.25) is 14.4 Å². The molecule has 2 aliphatic heterocycles. The Morgan fingerprint density at radius 2 is 1.94 bits per heavy atom. The predicted octanol–water partition coefficient (Wildman–Crippen LogP) is 3.11. The summed E-state index contributed by atoms with van der Waals surface area (Å²) in [5, 5.41) is 5.87. The van der Waals surface area contributed by atoms with Gasteiger partial charge in [0, 0.05) is 25.2 Å². The number of benzene rings is 1. The zero-order chi connectivity index (χ0) is 23.4. The Hall–Kier alpha value is -2.61. The highest BCUT2D eigenvalue weighted by molar-refractivity contribution is 6.00. The van der Waals surface area contributed by atoms with Crippen molar-refractivity contribution in [3.8, 4) is 5.75 Å². The average molecular weight is 458 g/mol. The first-order valence-corrected chi connectivity index (χ1v) is 12.2. The number of nitrogens with one attached hydrogen (secondary N) is 2. The van der Waals surface area contributed by atoms with Crippen molar-refractivity contribution in [2.24, 2.45) is 5.92 Å². The van der Waals surface area contributed by atoms with Crippen LogP contribution in [0.2, 0.25) is 0 Å². The molecule has 33 heavy (non-hydrogen) atoms. The second-order valence-electron chi connectivity index (χ2n) is 9.40. The number of ether oxygens (including phenoxy) is 2. The Morgan fingerprint density at radius 1 is 1.15 bits per heavy atom. The fourth-order valence-electron chi connectivity index (χ4n) is 5.08. The fraction of sp³-hybridized carbons (Fsp3) is 0.640. The summed E-state index contributed by atoms with van der Waals surface area (Å²) in [6.45, 7) is 2.99. The summed E-state index contributed by atoms with van der Waals surface area (Å²) in [6.07, 6.45) is 6.22. The van der Waals surface area contributed by atoms with E-state index in [1.807, 2.05) is 6.92 Å². The average Bonchev–Trinajstić information content (AvgIpc) is 3.36. The monoisotopic (exact) mass is 457 g/mol. The zero-order valence-electron chi connectivity index (χ0n) is 19.6. The van der Waals surface area contributed by atoms with Crippen LogP contribution in [-0.2, 0) is 14.3 Å². The third kappa shape index (κ3) is 5.49. The molecule has 4 rings (SSSR count). The molecular weight excluding hydrogens is 422 g/mol. The van der Waals surface area contributed by atoms with Gasteiger partial charge in [-0.05, 0) is 50.3 Å². The Balaban J connectivity index is 1.44. The van der Waals surface area contributed by atoms with Gasteiger partial charge < -0.3 is 25.0 Å². The normalized spacial score (nSPS) is 25.3. The third-order valence-electron chi connectivity index (χ3n) is 6.99. The van der Waals surface area contributed by atoms with Gasteiger partial charge in [-0.2, -0.15) is 0 Å². The molecule has 180 valence electrons. The van der Waals surface area contributed by atoms with Crippen LogP contribution in [0.5, 0.6) is 5.75 Å². The van der Waals surface area contributed by atoms with Gasteiger partial charge in [0.1, 0.15) is 18.5 Å². The molecule has 3 amide bonds. The van der Waals surface area contributed by atoms with Crippen molar-refractivity contribution in [1.82, 2.24) is 10.2 Å². The molecule has 1 aromatic rings. The minimum absolute atomic E-state index is 0.00554. The molecule has 2 heterocycles. The van der Waals surface area contributed by atoms with Gasteiger partial charge in [0.05, 0.1) is 24.1 Å². The highest BCUT2D eigenvalue weighted by Crippen LogP contribution is 2.33. The Bertz CT molecular complexity index is 883. The number of likely N-dealkylation sites (N-methyl/N-ethyl adjacent to an activating group) is 1. The van der Waals surface area contributed by atoms with Gasteiger partial charge in [0.15, 0.2) is 0 Å². The van der Waals surface area contributed by atoms with Gasteiger partial charge in [-0.25, -0.2) is 0 Å². The maximum Gasteiger partial charge on any atom is 0.257 e. The highest BCUT2D eigenvalue weighted by Gasteiger charge is 2.39. The van der Waals surface area contributed by atoms with Crippen LogP contribution in [0.25, 0.3) is 0 Å². The second kappa shape index (κ2) is 10.5. The molecule has 0 bridgehead atoms. The number of rotatable bonds is 6. The van der Waals surface area contributed by atoms with E-state index in [0.29, 0.717) is 43.0 Å². The lowest BCUT2D eigenvalue weighted by Gasteiger charge is -2.42. The topological polar surface area (TPSA) is 97.0 Å². The second-order valence-corrected chi connectivity index (χ2v) is 9.40. The molecule has 8 nitrogen and oxygen atoms in total. The van der Waals surface area contributed by atoms with Crippen molar-refractivity contribution in [2.45, 2.75) is 76.5 Å². The number of fused-ring (bicyclic) bond motifs is 2. The number of amides is 3. The van der Waals surface area contributed by atoms with Crippen molar-refractivity contribution in [3.05, 3.63) is 23.8 Å². The van der Waals surface area contributed by atoms with E-state index in [9.17, 15) is 14.4 Å². The summed E-state index contributed by atoms with van der Waals surface area (Å²) in [7, 11) is 1.79. The van der Waals surface area contributed by atoms with Gasteiger partial charge >= 0.3 is 0 Å². The van der Waals surface area contributed by atoms with E-state index in [0.717, 1.165) is 38.5 Å². The Morgan fingerprint density at radius 3 is 2.70 bits per heavy atom. The summed E-state index contributed by atoms with van der Waals surface area (Å²) in [5.74, 6) is 0.401. The van der Waals surface area contributed by atoms with Crippen LogP contribution in [-0.4, -0.2) is 61.1 Å². The van der Waals surface area contributed by atoms with E-state index in [2.05, 4.69) is 10.6 Å². The molecule has 0 radical (unpaired) electrons. The van der Waals surface area contributed by atoms with E-state index in [1.165, 1.54) is 0 Å². The lowest BCUT2D eigenvalue weighted by Crippen LogP contribution is -2.54. The van der Waals surface area contributed by atoms with Gasteiger partial charge in [-0.1, -0.05) is 19.8 Å². The number of hydrogen-bond donors (Lipinski definition) is 2. The summed E-state index contributed by atoms with van der Waals surface area (Å²) in [6, 6.07) is 5.11. The molecule has 1 aromatic carbocycles. The third-order valence-corrected chi connectivity index (χ3v) is 6.99. The smallest absolute Gasteiger partial charge is 0.257 e. The highest BCUT2D eigenvalue weighted by atomic mass is 16.5. The van der Waals surface area contributed by atoms with Crippen LogP contribution in [0.1, 0.15) is 68.6 Å². The maximum absolute atomic E-state index is 13.3. The number of hydrogen-bond acceptors (Lipinski definition) is 5. The molecule has 8 heteroatoms. The van der Waals surface area contributed by atoms with Crippen molar-refractivity contribution in [3.63, 3.8) is 0 Å². The summed E-state index contributed by atoms with van der Waals surface area (Å²) in [5.41, 5.74) is 1.06. The molecule has 0 aromatic heterocycles. The summed E-state index contributed by atoms with van der Waals surface area (Å²) >= 11 is 0. The molecule has 1 aliphatic carbocycles. The molecule has 1 saturated carbocycles. The van der Waals surface area contributed by atoms with Crippen LogP contribution in [0, 0.1) is 5.92 Å². The molecule has 1 saturated heterocycles. The minimum Gasteiger partial charge on any atom is -0.490 e. The van der Waals surface area contributed by atoms with Crippen molar-refractivity contribution in [2.75, 3.05) is 25.5 Å². The van der Waals surface area contributed by atoms with E-state index in [4.69, 9.17) is 9.47 Å². The van der Waals surface area contributed by atoms with Gasteiger partial charge in [0.25, 0.3) is 5.91 Å². The quantitative estimate of drug-likeness (QED) is 0.684. The van der Waals surface area contributed by atoms with Crippen molar-refractivity contribution < 1.29 is 23.9 Å². The molecule has 0 spiro atoms. The first kappa shape index (κ1) is 23.5. The zero-order valence-corrected chi connectivity index (χ0v) is 19.6. The molecule has 0 unspecified atom stereocenters. The van der Waals surface area contributed by atoms with Crippen molar-refractivity contribution >= 4 is 23.4 Å². The van der Waals surface area contributed by atoms with Crippen LogP contribution in [0.3, 0.4) is 0 Å². The molecular formula is C25H35N3O5. The van der Waals surface area contributed by atoms with Crippen LogP contribution < -0.4 is 15.4 Å². The minimum atomic E-state index is -0.299. The SMILES string of the molecule is CCCNC(=O)C[C@H]1CC[C@H]2[C@H](COc3ccc(NC(=O)C4CCCC4)cc3C(=O)N2C)O1. The van der Waals surface area contributed by atoms with Gasteiger partial charge in [-0.15, -0.1) is 0 Å². The van der Waals surface area contributed by atoms with E-state index < -0.39 is 0 Å². The molecule has 2 N–H and O–H groups in total. The van der Waals surface area contributed by atoms with E-state index in [-0.39, 0.29) is 41.9 Å². The van der Waals surface area contributed by atoms with Gasteiger partial charge in [0.2, 0.25) is 11.8 Å². The van der Waals surface area contributed by atoms with Crippen LogP contribution in [0.15, 0.2) is 18.2 Å². The lowest BCUT2D eigenvalue weighted by molar-refractivity contribution is -0.134. The largest absolute Gasteiger partial charge is 0.490 e. The number of anilines is 1. The number of carbonyl (C=O) groups is 3. The van der Waals surface area contributed by atoms with Crippen LogP contribution >= 0.6 is 0 Å². The lowest BCUT2D eigenvalue weighted by atomic mass is 9.94. The first-order valence-electron chi connectivity index (χ1n) is 12.2. The molecule has 2 fully saturated rings. The van der Waals surface area contributed by atoms with E-state index in [1.54, 1.807) is 30.1 Å².